The van der Waals surface area contributed by atoms with Gasteiger partial charge in [0, 0.05) is 12.5 Å². The van der Waals surface area contributed by atoms with Crippen LogP contribution in [0.4, 0.5) is 0 Å². The van der Waals surface area contributed by atoms with E-state index in [9.17, 15) is 4.79 Å². The number of carbonyl (C=O) groups excluding carboxylic acids is 1. The summed E-state index contributed by atoms with van der Waals surface area (Å²) >= 11 is 0. The number of nitrogens with one attached hydrogen (secondary N) is 1. The van der Waals surface area contributed by atoms with E-state index in [-0.39, 0.29) is 5.91 Å². The Kier molecular flexibility index (Phi) is 7.88. The Morgan fingerprint density at radius 3 is 2.65 bits per heavy atom. The van der Waals surface area contributed by atoms with Crippen molar-refractivity contribution < 1.29 is 9.28 Å². The van der Waals surface area contributed by atoms with Gasteiger partial charge in [-0.2, -0.15) is 0 Å². The molecule has 1 N–H and O–H groups in total. The Morgan fingerprint density at radius 1 is 1.47 bits per heavy atom. The fourth-order valence-corrected chi connectivity index (χ4v) is 2.37. The number of hydrogen-bond acceptors (Lipinski definition) is 1. The minimum Gasteiger partial charge on any atom is -0.353 e. The molecule has 0 aliphatic rings. The van der Waals surface area contributed by atoms with Gasteiger partial charge in [0.2, 0.25) is 5.91 Å². The van der Waals surface area contributed by atoms with E-state index in [4.69, 9.17) is 0 Å². The van der Waals surface area contributed by atoms with Crippen LogP contribution in [0.3, 0.4) is 0 Å². The molecule has 100 valence electrons. The zero-order valence-electron chi connectivity index (χ0n) is 12.0. The average Bonchev–Trinajstić information content (AvgIpc) is 2.23. The molecule has 0 aromatic carbocycles. The second kappa shape index (κ2) is 8.29. The topological polar surface area (TPSA) is 29.1 Å². The summed E-state index contributed by atoms with van der Waals surface area (Å²) in [6, 6.07) is 0. The summed E-state index contributed by atoms with van der Waals surface area (Å²) in [5, 5.41) is 2.81. The van der Waals surface area contributed by atoms with Crippen molar-refractivity contribution >= 4 is 5.91 Å². The normalized spacial score (nSPS) is 13.2. The summed E-state index contributed by atoms with van der Waals surface area (Å²) in [5.74, 6) is 0.636. The van der Waals surface area contributed by atoms with E-state index in [2.05, 4.69) is 39.8 Å². The maximum absolute atomic E-state index is 10.9. The Bertz CT molecular complexity index is 236. The van der Waals surface area contributed by atoms with Gasteiger partial charge in [0.15, 0.2) is 0 Å². The highest BCUT2D eigenvalue weighted by Crippen LogP contribution is 2.11. The third kappa shape index (κ3) is 8.93. The molecular formula is C14H29N2O+. The smallest absolute Gasteiger partial charge is 0.243 e. The minimum absolute atomic E-state index is 0.0697. The van der Waals surface area contributed by atoms with Gasteiger partial charge in [-0.05, 0) is 25.3 Å². The van der Waals surface area contributed by atoms with Crippen LogP contribution in [0.25, 0.3) is 0 Å². The van der Waals surface area contributed by atoms with Crippen molar-refractivity contribution in [2.75, 3.05) is 33.7 Å². The molecule has 17 heavy (non-hydrogen) atoms. The number of hydrogen-bond donors (Lipinski definition) is 1. The molecule has 0 fully saturated rings. The number of quaternary nitrogens is 1. The van der Waals surface area contributed by atoms with Crippen molar-refractivity contribution in [1.29, 1.82) is 0 Å². The molecule has 0 radical (unpaired) electrons. The first-order chi connectivity index (χ1) is 7.91. The van der Waals surface area contributed by atoms with E-state index in [0.717, 1.165) is 17.4 Å². The third-order valence-corrected chi connectivity index (χ3v) is 2.99. The van der Waals surface area contributed by atoms with E-state index in [1.807, 2.05) is 0 Å². The van der Waals surface area contributed by atoms with Crippen molar-refractivity contribution in [3.05, 3.63) is 12.7 Å². The van der Waals surface area contributed by atoms with Gasteiger partial charge in [-0.1, -0.05) is 20.4 Å². The first-order valence-corrected chi connectivity index (χ1v) is 6.63. The van der Waals surface area contributed by atoms with Gasteiger partial charge in [-0.3, -0.25) is 4.79 Å². The Labute approximate surface area is 106 Å². The largest absolute Gasteiger partial charge is 0.353 e. The molecule has 0 saturated carbocycles. The van der Waals surface area contributed by atoms with Crippen LogP contribution in [-0.4, -0.2) is 44.1 Å². The van der Waals surface area contributed by atoms with Gasteiger partial charge in [-0.15, -0.1) is 0 Å². The second-order valence-corrected chi connectivity index (χ2v) is 5.58. The highest BCUT2D eigenvalue weighted by molar-refractivity contribution is 5.86. The summed E-state index contributed by atoms with van der Waals surface area (Å²) in [4.78, 5) is 10.9. The zero-order valence-corrected chi connectivity index (χ0v) is 12.0. The van der Waals surface area contributed by atoms with Gasteiger partial charge >= 0.3 is 0 Å². The summed E-state index contributed by atoms with van der Waals surface area (Å²) in [7, 11) is 4.58. The van der Waals surface area contributed by atoms with E-state index < -0.39 is 0 Å². The third-order valence-electron chi connectivity index (χ3n) is 2.99. The molecule has 1 atom stereocenters. The van der Waals surface area contributed by atoms with Crippen LogP contribution in [0.2, 0.25) is 0 Å². The van der Waals surface area contributed by atoms with Gasteiger partial charge in [-0.25, -0.2) is 0 Å². The lowest BCUT2D eigenvalue weighted by molar-refractivity contribution is -0.893. The molecule has 0 spiro atoms. The fourth-order valence-electron chi connectivity index (χ4n) is 2.37. The molecular weight excluding hydrogens is 212 g/mol. The quantitative estimate of drug-likeness (QED) is 0.374. The maximum atomic E-state index is 10.9. The number of rotatable bonds is 9. The van der Waals surface area contributed by atoms with Crippen molar-refractivity contribution in [3.63, 3.8) is 0 Å². The van der Waals surface area contributed by atoms with E-state index in [1.165, 1.54) is 32.0 Å². The summed E-state index contributed by atoms with van der Waals surface area (Å²) in [5.41, 5.74) is 0. The average molecular weight is 241 g/mol. The molecule has 0 aromatic rings. The first kappa shape index (κ1) is 16.2. The molecule has 3 heteroatoms. The monoisotopic (exact) mass is 241 g/mol. The fraction of sp³-hybridized carbons (Fsp3) is 0.786. The highest BCUT2D eigenvalue weighted by atomic mass is 16.1. The predicted octanol–water partition coefficient (Wildman–Crippen LogP) is 2.19. The summed E-state index contributed by atoms with van der Waals surface area (Å²) < 4.78 is 1.09. The Hall–Kier alpha value is -0.830. The molecule has 0 heterocycles. The molecule has 0 bridgehead atoms. The molecule has 0 aliphatic heterocycles. The number of nitrogens with zero attached hydrogens (tertiary/aromatic N) is 1. The zero-order chi connectivity index (χ0) is 13.3. The second-order valence-electron chi connectivity index (χ2n) is 5.58. The highest BCUT2D eigenvalue weighted by Gasteiger charge is 2.17. The first-order valence-electron chi connectivity index (χ1n) is 6.63. The molecule has 0 saturated heterocycles. The van der Waals surface area contributed by atoms with E-state index in [0.29, 0.717) is 5.92 Å². The van der Waals surface area contributed by atoms with Gasteiger partial charge in [0.1, 0.15) is 0 Å². The molecule has 0 rings (SSSR count). The standard InChI is InChI=1S/C14H28N2O/c1-6-11-16(4,5)12-13(3)9-8-10-15-14(17)7-2/h7,13H,2,6,8-12H2,1,3-5H3/p+1. The SMILES string of the molecule is C=CC(=O)NCCCC(C)C[N+](C)(C)CCC. The lowest BCUT2D eigenvalue weighted by atomic mass is 10.0. The maximum Gasteiger partial charge on any atom is 0.243 e. The Balaban J connectivity index is 3.68. The van der Waals surface area contributed by atoms with Crippen molar-refractivity contribution in [1.82, 2.24) is 5.32 Å². The molecule has 1 unspecified atom stereocenters. The molecule has 0 aromatic heterocycles. The van der Waals surface area contributed by atoms with E-state index in [1.54, 1.807) is 0 Å². The number of carbonyl (C=O) groups is 1. The van der Waals surface area contributed by atoms with Crippen LogP contribution in [0.5, 0.6) is 0 Å². The van der Waals surface area contributed by atoms with Crippen molar-refractivity contribution in [3.8, 4) is 0 Å². The van der Waals surface area contributed by atoms with Crippen LogP contribution in [0, 0.1) is 5.92 Å². The van der Waals surface area contributed by atoms with Crippen molar-refractivity contribution in [2.45, 2.75) is 33.1 Å². The van der Waals surface area contributed by atoms with Crippen LogP contribution in [0.15, 0.2) is 12.7 Å². The van der Waals surface area contributed by atoms with E-state index >= 15 is 0 Å². The predicted molar refractivity (Wildman–Crippen MR) is 73.7 cm³/mol. The van der Waals surface area contributed by atoms with Gasteiger partial charge in [0.05, 0.1) is 27.2 Å². The van der Waals surface area contributed by atoms with Crippen LogP contribution >= 0.6 is 0 Å². The molecule has 0 aliphatic carbocycles. The molecule has 3 nitrogen and oxygen atoms in total. The van der Waals surface area contributed by atoms with Crippen LogP contribution in [0.1, 0.15) is 33.1 Å². The van der Waals surface area contributed by atoms with Crippen LogP contribution in [-0.2, 0) is 4.79 Å². The summed E-state index contributed by atoms with van der Waals surface area (Å²) in [6.45, 7) is 11.2. The van der Waals surface area contributed by atoms with Crippen molar-refractivity contribution in [2.24, 2.45) is 5.92 Å². The lowest BCUT2D eigenvalue weighted by Gasteiger charge is -2.32. The van der Waals surface area contributed by atoms with Crippen LogP contribution < -0.4 is 5.32 Å². The number of amides is 1. The Morgan fingerprint density at radius 2 is 2.12 bits per heavy atom. The molecule has 1 amide bonds. The lowest BCUT2D eigenvalue weighted by Crippen LogP contribution is -2.43. The summed E-state index contributed by atoms with van der Waals surface area (Å²) in [6.07, 6.45) is 4.77. The minimum atomic E-state index is -0.0697. The van der Waals surface area contributed by atoms with Gasteiger partial charge in [0.25, 0.3) is 0 Å². The van der Waals surface area contributed by atoms with Gasteiger partial charge < -0.3 is 9.80 Å².